The quantitative estimate of drug-likeness (QED) is 0.433. The number of para-hydroxylation sites is 1. The van der Waals surface area contributed by atoms with Gasteiger partial charge in [0.1, 0.15) is 11.5 Å². The molecular formula is C21H22N4O6S. The number of nitrogens with one attached hydrogen (secondary N) is 2. The number of carbonyl (C=O) groups is 2. The maximum atomic E-state index is 12.3. The number of aryl methyl sites for hydroxylation is 1. The van der Waals surface area contributed by atoms with Gasteiger partial charge in [0.05, 0.1) is 4.90 Å². The summed E-state index contributed by atoms with van der Waals surface area (Å²) in [6, 6.07) is 15.2. The van der Waals surface area contributed by atoms with E-state index in [1.165, 1.54) is 12.1 Å². The highest BCUT2D eigenvalue weighted by Gasteiger charge is 2.21. The van der Waals surface area contributed by atoms with Crippen molar-refractivity contribution in [2.45, 2.75) is 17.6 Å². The van der Waals surface area contributed by atoms with Gasteiger partial charge in [0.15, 0.2) is 22.3 Å². The summed E-state index contributed by atoms with van der Waals surface area (Å²) < 4.78 is 35.0. The van der Waals surface area contributed by atoms with Gasteiger partial charge in [0, 0.05) is 13.1 Å². The molecule has 0 saturated carbocycles. The zero-order valence-electron chi connectivity index (χ0n) is 17.3. The maximum absolute atomic E-state index is 12.3. The fraction of sp³-hybridized carbons (Fsp3) is 0.238. The van der Waals surface area contributed by atoms with E-state index in [1.54, 1.807) is 24.3 Å². The van der Waals surface area contributed by atoms with Gasteiger partial charge in [0.2, 0.25) is 0 Å². The van der Waals surface area contributed by atoms with E-state index in [9.17, 15) is 18.0 Å². The van der Waals surface area contributed by atoms with Crippen LogP contribution < -0.4 is 15.4 Å². The number of carbonyl (C=O) groups excluding carboxylic acids is 2. The van der Waals surface area contributed by atoms with Gasteiger partial charge in [-0.05, 0) is 30.7 Å². The number of hydrogen-bond donors (Lipinski definition) is 2. The first-order chi connectivity index (χ1) is 15.3. The van der Waals surface area contributed by atoms with Crippen molar-refractivity contribution in [1.82, 2.24) is 20.8 Å². The first-order valence-electron chi connectivity index (χ1n) is 9.69. The minimum Gasteiger partial charge on any atom is -0.484 e. The minimum atomic E-state index is -3.66. The van der Waals surface area contributed by atoms with Crippen LogP contribution in [-0.2, 0) is 20.4 Å². The summed E-state index contributed by atoms with van der Waals surface area (Å²) in [5, 5.41) is 8.67. The molecule has 0 aliphatic carbocycles. The lowest BCUT2D eigenvalue weighted by Crippen LogP contribution is -2.36. The highest BCUT2D eigenvalue weighted by molar-refractivity contribution is 7.90. The molecule has 0 aliphatic rings. The summed E-state index contributed by atoms with van der Waals surface area (Å²) in [5.74, 6) is -1.37. The molecule has 0 aliphatic heterocycles. The number of rotatable bonds is 10. The number of ether oxygens (including phenoxy) is 1. The Morgan fingerprint density at radius 1 is 1.00 bits per heavy atom. The highest BCUT2D eigenvalue weighted by Crippen LogP contribution is 2.16. The van der Waals surface area contributed by atoms with Crippen molar-refractivity contribution in [2.24, 2.45) is 0 Å². The zero-order valence-corrected chi connectivity index (χ0v) is 18.1. The van der Waals surface area contributed by atoms with Gasteiger partial charge in [-0.1, -0.05) is 41.6 Å². The fourth-order valence-corrected chi connectivity index (χ4v) is 3.85. The molecule has 32 heavy (non-hydrogen) atoms. The van der Waals surface area contributed by atoms with Crippen LogP contribution in [0.2, 0.25) is 0 Å². The van der Waals surface area contributed by atoms with Crippen LogP contribution in [0.25, 0.3) is 0 Å². The minimum absolute atomic E-state index is 0.106. The average Bonchev–Trinajstić information content (AvgIpc) is 3.24. The van der Waals surface area contributed by atoms with Crippen LogP contribution in [0.5, 0.6) is 5.75 Å². The molecule has 0 saturated heterocycles. The second-order valence-corrected chi connectivity index (χ2v) is 8.74. The number of amides is 2. The molecule has 3 aromatic rings. The molecule has 0 radical (unpaired) electrons. The van der Waals surface area contributed by atoms with Crippen LogP contribution in [0.3, 0.4) is 0 Å². The van der Waals surface area contributed by atoms with E-state index in [1.807, 2.05) is 25.1 Å². The van der Waals surface area contributed by atoms with Crippen molar-refractivity contribution in [3.05, 3.63) is 71.9 Å². The predicted octanol–water partition coefficient (Wildman–Crippen LogP) is 1.28. The lowest BCUT2D eigenvalue weighted by molar-refractivity contribution is -0.123. The molecule has 3 rings (SSSR count). The summed E-state index contributed by atoms with van der Waals surface area (Å²) in [5.41, 5.74) is 0.919. The third-order valence-corrected chi connectivity index (χ3v) is 5.90. The summed E-state index contributed by atoms with van der Waals surface area (Å²) in [6.07, 6.45) is 0. The molecule has 0 bridgehead atoms. The van der Waals surface area contributed by atoms with Crippen molar-refractivity contribution in [3.63, 3.8) is 0 Å². The van der Waals surface area contributed by atoms with Crippen LogP contribution >= 0.6 is 0 Å². The van der Waals surface area contributed by atoms with E-state index in [4.69, 9.17) is 9.26 Å². The highest BCUT2D eigenvalue weighted by atomic mass is 32.2. The standard InChI is InChI=1S/C21H22N4O6S/c1-15-7-5-6-10-17(15)30-13-19(26)22-11-12-23-20(27)21-24-18(25-31-21)14-32(28,29)16-8-3-2-4-9-16/h2-10H,11-14H2,1H3,(H,22,26)(H,23,27). The monoisotopic (exact) mass is 458 g/mol. The van der Waals surface area contributed by atoms with Gasteiger partial charge >= 0.3 is 11.8 Å². The van der Waals surface area contributed by atoms with Crippen molar-refractivity contribution >= 4 is 21.7 Å². The number of hydrogen-bond acceptors (Lipinski definition) is 8. The van der Waals surface area contributed by atoms with E-state index in [2.05, 4.69) is 20.8 Å². The zero-order chi connectivity index (χ0) is 23.0. The van der Waals surface area contributed by atoms with Crippen molar-refractivity contribution in [3.8, 4) is 5.75 Å². The second-order valence-electron chi connectivity index (χ2n) is 6.75. The van der Waals surface area contributed by atoms with Gasteiger partial charge in [-0.25, -0.2) is 8.42 Å². The normalized spacial score (nSPS) is 11.0. The van der Waals surface area contributed by atoms with Gasteiger partial charge in [0.25, 0.3) is 5.91 Å². The third kappa shape index (κ3) is 6.38. The number of benzene rings is 2. The van der Waals surface area contributed by atoms with Crippen LogP contribution in [0.1, 0.15) is 22.1 Å². The molecule has 0 unspecified atom stereocenters. The molecule has 0 spiro atoms. The second kappa shape index (κ2) is 10.5. The molecule has 2 N–H and O–H groups in total. The Labute approximate surface area is 184 Å². The van der Waals surface area contributed by atoms with E-state index in [0.717, 1.165) is 5.56 Å². The molecule has 0 fully saturated rings. The van der Waals surface area contributed by atoms with Crippen LogP contribution in [0, 0.1) is 6.92 Å². The van der Waals surface area contributed by atoms with Gasteiger partial charge in [-0.2, -0.15) is 4.98 Å². The number of sulfone groups is 1. The largest absolute Gasteiger partial charge is 0.484 e. The van der Waals surface area contributed by atoms with Crippen LogP contribution in [0.4, 0.5) is 0 Å². The Hall–Kier alpha value is -3.73. The van der Waals surface area contributed by atoms with Crippen LogP contribution in [0.15, 0.2) is 64.0 Å². The van der Waals surface area contributed by atoms with Gasteiger partial charge in [-0.3, -0.25) is 9.59 Å². The van der Waals surface area contributed by atoms with Crippen LogP contribution in [-0.4, -0.2) is 50.1 Å². The molecule has 11 heteroatoms. The summed E-state index contributed by atoms with van der Waals surface area (Å²) in [7, 11) is -3.66. The Bertz CT molecular complexity index is 1180. The third-order valence-electron chi connectivity index (χ3n) is 4.27. The lowest BCUT2D eigenvalue weighted by Gasteiger charge is -2.09. The molecule has 1 aromatic heterocycles. The molecule has 0 atom stereocenters. The average molecular weight is 458 g/mol. The van der Waals surface area contributed by atoms with E-state index < -0.39 is 21.5 Å². The lowest BCUT2D eigenvalue weighted by atomic mass is 10.2. The smallest absolute Gasteiger partial charge is 0.315 e. The Morgan fingerprint density at radius 2 is 1.69 bits per heavy atom. The van der Waals surface area contributed by atoms with E-state index in [0.29, 0.717) is 5.75 Å². The molecule has 1 heterocycles. The maximum Gasteiger partial charge on any atom is 0.315 e. The van der Waals surface area contributed by atoms with Crippen molar-refractivity contribution in [1.29, 1.82) is 0 Å². The van der Waals surface area contributed by atoms with E-state index >= 15 is 0 Å². The fourth-order valence-electron chi connectivity index (χ4n) is 2.65. The molecule has 10 nitrogen and oxygen atoms in total. The first-order valence-corrected chi connectivity index (χ1v) is 11.3. The van der Waals surface area contributed by atoms with Crippen molar-refractivity contribution in [2.75, 3.05) is 19.7 Å². The molecular weight excluding hydrogens is 436 g/mol. The summed E-state index contributed by atoms with van der Waals surface area (Å²) >= 11 is 0. The molecule has 168 valence electrons. The number of aromatic nitrogens is 2. The molecule has 2 amide bonds. The summed E-state index contributed by atoms with van der Waals surface area (Å²) in [4.78, 5) is 27.9. The number of nitrogens with zero attached hydrogens (tertiary/aromatic N) is 2. The van der Waals surface area contributed by atoms with Crippen molar-refractivity contribution < 1.29 is 27.3 Å². The Morgan fingerprint density at radius 3 is 2.44 bits per heavy atom. The SMILES string of the molecule is Cc1ccccc1OCC(=O)NCCNC(=O)c1nc(CS(=O)(=O)c2ccccc2)no1. The predicted molar refractivity (Wildman–Crippen MR) is 114 cm³/mol. The summed E-state index contributed by atoms with van der Waals surface area (Å²) in [6.45, 7) is 1.99. The Kier molecular flexibility index (Phi) is 7.55. The van der Waals surface area contributed by atoms with E-state index in [-0.39, 0.29) is 42.2 Å². The topological polar surface area (TPSA) is 140 Å². The first kappa shape index (κ1) is 22.9. The Balaban J connectivity index is 1.41. The van der Waals surface area contributed by atoms with Gasteiger partial charge in [-0.15, -0.1) is 0 Å². The molecule has 2 aromatic carbocycles. The van der Waals surface area contributed by atoms with Gasteiger partial charge < -0.3 is 19.9 Å².